The summed E-state index contributed by atoms with van der Waals surface area (Å²) in [6.45, 7) is 12.4. The summed E-state index contributed by atoms with van der Waals surface area (Å²) in [4.78, 5) is 14.2. The zero-order valence-corrected chi connectivity index (χ0v) is 16.5. The number of amides is 1. The molecule has 0 saturated heterocycles. The lowest BCUT2D eigenvalue weighted by molar-refractivity contribution is 0.0132. The molecule has 6 nitrogen and oxygen atoms in total. The Morgan fingerprint density at radius 2 is 2.00 bits per heavy atom. The van der Waals surface area contributed by atoms with E-state index in [1.54, 1.807) is 4.90 Å². The molecule has 2 atom stereocenters. The van der Waals surface area contributed by atoms with Crippen LogP contribution in [0.1, 0.15) is 63.2 Å². The zero-order chi connectivity index (χ0) is 19.1. The van der Waals surface area contributed by atoms with Crippen LogP contribution in [0, 0.1) is 6.92 Å². The number of hydrogen-bond donors (Lipinski definition) is 0. The highest BCUT2D eigenvalue weighted by Gasteiger charge is 2.34. The van der Waals surface area contributed by atoms with Crippen molar-refractivity contribution in [2.45, 2.75) is 72.2 Å². The highest BCUT2D eigenvalue weighted by atomic mass is 16.6. The molecule has 3 rings (SSSR count). The third-order valence-corrected chi connectivity index (χ3v) is 4.85. The molecule has 6 heteroatoms. The monoisotopic (exact) mass is 356 g/mol. The normalized spacial score (nSPS) is 18.4. The number of aryl methyl sites for hydroxylation is 1. The molecule has 2 aromatic rings. The van der Waals surface area contributed by atoms with E-state index in [0.29, 0.717) is 6.54 Å². The van der Waals surface area contributed by atoms with Crippen molar-refractivity contribution in [3.8, 4) is 0 Å². The summed E-state index contributed by atoms with van der Waals surface area (Å²) in [6, 6.07) is 8.49. The summed E-state index contributed by atoms with van der Waals surface area (Å²) in [6.07, 6.45) is 0.426. The van der Waals surface area contributed by atoms with Crippen LogP contribution in [0.5, 0.6) is 0 Å². The fourth-order valence-corrected chi connectivity index (χ4v) is 3.45. The molecule has 0 saturated carbocycles. The number of ether oxygens (including phenoxy) is 1. The molecular weight excluding hydrogens is 328 g/mol. The van der Waals surface area contributed by atoms with Crippen LogP contribution in [0.2, 0.25) is 0 Å². The summed E-state index contributed by atoms with van der Waals surface area (Å²) in [5, 5.41) is 8.77. The molecule has 26 heavy (non-hydrogen) atoms. The summed E-state index contributed by atoms with van der Waals surface area (Å²) in [5.41, 5.74) is 3.93. The molecule has 2 heterocycles. The number of carbonyl (C=O) groups excluding carboxylic acids is 1. The molecule has 1 aromatic carbocycles. The third-order valence-electron chi connectivity index (χ3n) is 4.85. The Bertz CT molecular complexity index is 806. The number of hydrogen-bond acceptors (Lipinski definition) is 4. The van der Waals surface area contributed by atoms with Gasteiger partial charge in [-0.3, -0.25) is 4.90 Å². The number of rotatable bonds is 2. The average molecular weight is 356 g/mol. The Morgan fingerprint density at radius 1 is 1.31 bits per heavy atom. The molecule has 1 unspecified atom stereocenters. The molecule has 140 valence electrons. The van der Waals surface area contributed by atoms with Crippen LogP contribution in [0.25, 0.3) is 0 Å². The minimum atomic E-state index is -0.506. The van der Waals surface area contributed by atoms with Gasteiger partial charge in [0.15, 0.2) is 0 Å². The second-order valence-electron chi connectivity index (χ2n) is 8.12. The quantitative estimate of drug-likeness (QED) is 0.819. The van der Waals surface area contributed by atoms with Gasteiger partial charge in [-0.05, 0) is 52.7 Å². The molecule has 0 fully saturated rings. The first-order chi connectivity index (χ1) is 12.2. The van der Waals surface area contributed by atoms with Gasteiger partial charge in [0, 0.05) is 12.5 Å². The topological polar surface area (TPSA) is 60.2 Å². The fourth-order valence-electron chi connectivity index (χ4n) is 3.45. The van der Waals surface area contributed by atoms with E-state index >= 15 is 0 Å². The standard InChI is InChI=1S/C20H28N4O2/c1-13-9-7-8-10-16(13)15(3)24-18-11-14(2)23(12-17(18)21-22-24)19(25)26-20(4,5)6/h7-10,14-15H,11-12H2,1-6H3/t14-,15?/m1/s1. The second kappa shape index (κ2) is 6.74. The summed E-state index contributed by atoms with van der Waals surface area (Å²) in [7, 11) is 0. The first-order valence-electron chi connectivity index (χ1n) is 9.15. The third kappa shape index (κ3) is 3.59. The fraction of sp³-hybridized carbons (Fsp3) is 0.550. The Morgan fingerprint density at radius 3 is 2.65 bits per heavy atom. The molecule has 0 spiro atoms. The Balaban J connectivity index is 1.85. The van der Waals surface area contributed by atoms with Crippen molar-refractivity contribution in [2.75, 3.05) is 0 Å². The lowest BCUT2D eigenvalue weighted by atomic mass is 10.0. The van der Waals surface area contributed by atoms with Crippen molar-refractivity contribution in [2.24, 2.45) is 0 Å². The van der Waals surface area contributed by atoms with E-state index in [0.717, 1.165) is 17.8 Å². The largest absolute Gasteiger partial charge is 0.444 e. The predicted octanol–water partition coefficient (Wildman–Crippen LogP) is 3.88. The minimum Gasteiger partial charge on any atom is -0.444 e. The van der Waals surface area contributed by atoms with Crippen molar-refractivity contribution in [3.63, 3.8) is 0 Å². The number of aromatic nitrogens is 3. The average Bonchev–Trinajstić information content (AvgIpc) is 2.95. The molecule has 1 aliphatic rings. The van der Waals surface area contributed by atoms with Crippen LogP contribution in [-0.4, -0.2) is 37.6 Å². The Kier molecular flexibility index (Phi) is 4.78. The van der Waals surface area contributed by atoms with Gasteiger partial charge < -0.3 is 4.74 Å². The van der Waals surface area contributed by atoms with E-state index in [2.05, 4.69) is 42.4 Å². The lowest BCUT2D eigenvalue weighted by Crippen LogP contribution is -2.45. The van der Waals surface area contributed by atoms with Crippen LogP contribution in [0.15, 0.2) is 24.3 Å². The molecule has 0 radical (unpaired) electrons. The van der Waals surface area contributed by atoms with Crippen LogP contribution in [0.4, 0.5) is 4.79 Å². The van der Waals surface area contributed by atoms with E-state index in [1.807, 2.05) is 38.4 Å². The highest BCUT2D eigenvalue weighted by Crippen LogP contribution is 2.28. The summed E-state index contributed by atoms with van der Waals surface area (Å²) < 4.78 is 7.53. The van der Waals surface area contributed by atoms with Gasteiger partial charge in [0.1, 0.15) is 11.3 Å². The first-order valence-corrected chi connectivity index (χ1v) is 9.15. The minimum absolute atomic E-state index is 0.0404. The number of benzene rings is 1. The molecule has 1 aromatic heterocycles. The van der Waals surface area contributed by atoms with Crippen molar-refractivity contribution >= 4 is 6.09 Å². The summed E-state index contributed by atoms with van der Waals surface area (Å²) >= 11 is 0. The molecule has 0 aliphatic carbocycles. The van der Waals surface area contributed by atoms with E-state index in [-0.39, 0.29) is 18.2 Å². The molecule has 1 amide bonds. The Labute approximate surface area is 155 Å². The molecule has 1 aliphatic heterocycles. The van der Waals surface area contributed by atoms with Crippen molar-refractivity contribution < 1.29 is 9.53 Å². The lowest BCUT2D eigenvalue weighted by Gasteiger charge is -2.34. The first kappa shape index (κ1) is 18.4. The SMILES string of the molecule is Cc1ccccc1C(C)n1nnc2c1C[C@@H](C)N(C(=O)OC(C)(C)C)C2. The van der Waals surface area contributed by atoms with E-state index in [1.165, 1.54) is 11.1 Å². The Hall–Kier alpha value is -2.37. The van der Waals surface area contributed by atoms with Crippen LogP contribution < -0.4 is 0 Å². The van der Waals surface area contributed by atoms with Gasteiger partial charge >= 0.3 is 6.09 Å². The predicted molar refractivity (Wildman–Crippen MR) is 100.0 cm³/mol. The summed E-state index contributed by atoms with van der Waals surface area (Å²) in [5.74, 6) is 0. The van der Waals surface area contributed by atoms with Gasteiger partial charge in [0.25, 0.3) is 0 Å². The maximum atomic E-state index is 12.5. The van der Waals surface area contributed by atoms with E-state index in [9.17, 15) is 4.79 Å². The second-order valence-corrected chi connectivity index (χ2v) is 8.12. The zero-order valence-electron chi connectivity index (χ0n) is 16.5. The highest BCUT2D eigenvalue weighted by molar-refractivity contribution is 5.69. The van der Waals surface area contributed by atoms with Gasteiger partial charge in [0.2, 0.25) is 0 Å². The maximum absolute atomic E-state index is 12.5. The van der Waals surface area contributed by atoms with Crippen LogP contribution in [0.3, 0.4) is 0 Å². The maximum Gasteiger partial charge on any atom is 0.410 e. The van der Waals surface area contributed by atoms with Gasteiger partial charge in [-0.2, -0.15) is 0 Å². The van der Waals surface area contributed by atoms with Gasteiger partial charge in [0.05, 0.1) is 18.3 Å². The van der Waals surface area contributed by atoms with Crippen LogP contribution >= 0.6 is 0 Å². The van der Waals surface area contributed by atoms with Crippen LogP contribution in [-0.2, 0) is 17.7 Å². The van der Waals surface area contributed by atoms with Gasteiger partial charge in [-0.1, -0.05) is 29.5 Å². The molecular formula is C20H28N4O2. The van der Waals surface area contributed by atoms with Crippen molar-refractivity contribution in [1.82, 2.24) is 19.9 Å². The van der Waals surface area contributed by atoms with E-state index in [4.69, 9.17) is 4.74 Å². The molecule has 0 N–H and O–H groups in total. The van der Waals surface area contributed by atoms with Crippen molar-refractivity contribution in [1.29, 1.82) is 0 Å². The number of nitrogens with zero attached hydrogens (tertiary/aromatic N) is 4. The van der Waals surface area contributed by atoms with Crippen molar-refractivity contribution in [3.05, 3.63) is 46.8 Å². The molecule has 0 bridgehead atoms. The van der Waals surface area contributed by atoms with Gasteiger partial charge in [-0.25, -0.2) is 9.48 Å². The smallest absolute Gasteiger partial charge is 0.410 e. The number of fused-ring (bicyclic) bond motifs is 1. The number of carbonyl (C=O) groups is 1. The van der Waals surface area contributed by atoms with Gasteiger partial charge in [-0.15, -0.1) is 5.10 Å². The van der Waals surface area contributed by atoms with E-state index < -0.39 is 5.60 Å².